The average molecular weight is 732 g/mol. The van der Waals surface area contributed by atoms with Gasteiger partial charge in [-0.1, -0.05) is 40.7 Å². The van der Waals surface area contributed by atoms with Crippen molar-refractivity contribution in [3.05, 3.63) is 0 Å². The van der Waals surface area contributed by atoms with Crippen LogP contribution in [0.3, 0.4) is 0 Å². The lowest BCUT2D eigenvalue weighted by Crippen LogP contribution is -2.61. The van der Waals surface area contributed by atoms with Crippen molar-refractivity contribution in [1.29, 1.82) is 0 Å². The fourth-order valence-corrected chi connectivity index (χ4v) is 43.5. The minimum absolute atomic E-state index is 0.258. The summed E-state index contributed by atoms with van der Waals surface area (Å²) in [6.07, 6.45) is 0. The van der Waals surface area contributed by atoms with Gasteiger partial charge in [0.25, 0.3) is 0 Å². The van der Waals surface area contributed by atoms with Gasteiger partial charge in [0.1, 0.15) is 0 Å². The Bertz CT molecular complexity index is 767. The van der Waals surface area contributed by atoms with Gasteiger partial charge in [0, 0.05) is 24.2 Å². The van der Waals surface area contributed by atoms with Crippen molar-refractivity contribution in [2.45, 2.75) is 144 Å². The van der Waals surface area contributed by atoms with Gasteiger partial charge in [-0.15, -0.1) is 0 Å². The van der Waals surface area contributed by atoms with Crippen molar-refractivity contribution in [1.82, 2.24) is 9.80 Å². The van der Waals surface area contributed by atoms with Gasteiger partial charge in [-0.2, -0.15) is 0 Å². The maximum absolute atomic E-state index is 6.99. The van der Waals surface area contributed by atoms with Crippen LogP contribution >= 0.6 is 0 Å². The Morgan fingerprint density at radius 1 is 0.558 bits per heavy atom. The predicted octanol–water partition coefficient (Wildman–Crippen LogP) is 7.20. The second-order valence-corrected chi connectivity index (χ2v) is 40.2. The average Bonchev–Trinajstić information content (AvgIpc) is 2.81. The van der Waals surface area contributed by atoms with E-state index >= 15 is 0 Å². The van der Waals surface area contributed by atoms with E-state index in [1.54, 1.807) is 0 Å². The van der Waals surface area contributed by atoms with Crippen LogP contribution in [0.1, 0.15) is 48.5 Å². The quantitative estimate of drug-likeness (QED) is 0.0764. The molecule has 0 radical (unpaired) electrons. The molecular weight excluding hydrogens is 657 g/mol. The largest absolute Gasteiger partial charge is 0.436 e. The third-order valence-corrected chi connectivity index (χ3v) is 38.1. The van der Waals surface area contributed by atoms with E-state index in [0.29, 0.717) is 19.0 Å². The third-order valence-electron chi connectivity index (χ3n) is 8.41. The molecule has 260 valence electrons. The molecule has 0 aromatic rings. The van der Waals surface area contributed by atoms with Gasteiger partial charge in [-0.3, -0.25) is 9.80 Å². The molecule has 0 bridgehead atoms. The minimum Gasteiger partial charge on any atom is -0.436 e. The second kappa shape index (κ2) is 18.7. The van der Waals surface area contributed by atoms with E-state index in [-0.39, 0.29) is 14.7 Å². The molecule has 1 atom stereocenters. The van der Waals surface area contributed by atoms with E-state index in [1.807, 2.05) is 0 Å². The molecular formula is C28H74N2O6Si7. The highest BCUT2D eigenvalue weighted by Gasteiger charge is 2.52. The molecule has 0 aliphatic carbocycles. The lowest BCUT2D eigenvalue weighted by Gasteiger charge is -2.45. The summed E-state index contributed by atoms with van der Waals surface area (Å²) in [5.41, 5.74) is 0. The first-order valence-electron chi connectivity index (χ1n) is 17.1. The Hall–Kier alpha value is 1.20. The Labute approximate surface area is 277 Å². The van der Waals surface area contributed by atoms with Gasteiger partial charge in [0.15, 0.2) is 16.6 Å². The van der Waals surface area contributed by atoms with Crippen LogP contribution < -0.4 is 0 Å². The van der Waals surface area contributed by atoms with Gasteiger partial charge in [-0.05, 0) is 118 Å². The van der Waals surface area contributed by atoms with Gasteiger partial charge >= 0.3 is 34.2 Å². The van der Waals surface area contributed by atoms with Crippen LogP contribution in [0, 0.1) is 0 Å². The molecule has 0 amide bonds. The molecule has 0 aliphatic rings. The van der Waals surface area contributed by atoms with E-state index in [9.17, 15) is 0 Å². The molecule has 0 aromatic carbocycles. The van der Waals surface area contributed by atoms with Crippen molar-refractivity contribution in [3.8, 4) is 0 Å². The predicted molar refractivity (Wildman–Crippen MR) is 204 cm³/mol. The Balaban J connectivity index is 5.44. The summed E-state index contributed by atoms with van der Waals surface area (Å²) >= 11 is 0. The van der Waals surface area contributed by atoms with Crippen LogP contribution in [0.25, 0.3) is 0 Å². The molecule has 1 unspecified atom stereocenters. The SMILES string of the molecule is CCO[Si](C)(OCC)C(C)[Si](C)(C)O[Si](C)(C)O[Si](C)(C)O[Si](C)(C)O[Si](C)(C)CC[SiH2]C(N(CC)CC)N(CC)CC. The summed E-state index contributed by atoms with van der Waals surface area (Å²) in [5, 5.41) is 0.258. The molecule has 0 rings (SSSR count). The van der Waals surface area contributed by atoms with E-state index in [1.165, 1.54) is 12.1 Å². The molecule has 0 saturated heterocycles. The molecule has 0 fully saturated rings. The highest BCUT2D eigenvalue weighted by Crippen LogP contribution is 2.37. The van der Waals surface area contributed by atoms with Crippen molar-refractivity contribution < 1.29 is 25.3 Å². The van der Waals surface area contributed by atoms with E-state index in [4.69, 9.17) is 25.3 Å². The molecule has 0 aromatic heterocycles. The Morgan fingerprint density at radius 3 is 1.30 bits per heavy atom. The van der Waals surface area contributed by atoms with Crippen LogP contribution in [-0.4, -0.2) is 115 Å². The fourth-order valence-electron chi connectivity index (χ4n) is 6.78. The second-order valence-electron chi connectivity index (χ2n) is 14.4. The minimum atomic E-state index is -2.52. The number of rotatable bonds is 24. The van der Waals surface area contributed by atoms with Crippen LogP contribution in [0.15, 0.2) is 0 Å². The van der Waals surface area contributed by atoms with Crippen molar-refractivity contribution >= 4 is 60.4 Å². The zero-order valence-electron chi connectivity index (χ0n) is 31.9. The summed E-state index contributed by atoms with van der Waals surface area (Å²) in [5.74, 6) is 0.640. The molecule has 15 heteroatoms. The highest BCUT2D eigenvalue weighted by atomic mass is 28.5. The lowest BCUT2D eigenvalue weighted by atomic mass is 10.5. The molecule has 0 spiro atoms. The van der Waals surface area contributed by atoms with Gasteiger partial charge in [-0.25, -0.2) is 0 Å². The summed E-state index contributed by atoms with van der Waals surface area (Å²) in [4.78, 5) is 5.33. The fraction of sp³-hybridized carbons (Fsp3) is 1.00. The molecule has 8 nitrogen and oxygen atoms in total. The number of nitrogens with zero attached hydrogens (tertiary/aromatic N) is 2. The van der Waals surface area contributed by atoms with Crippen molar-refractivity contribution in [2.24, 2.45) is 0 Å². The van der Waals surface area contributed by atoms with Crippen LogP contribution in [0.5, 0.6) is 0 Å². The topological polar surface area (TPSA) is 61.9 Å². The van der Waals surface area contributed by atoms with Gasteiger partial charge in [0.2, 0.25) is 0 Å². The number of hydrogen-bond acceptors (Lipinski definition) is 8. The smallest absolute Gasteiger partial charge is 0.337 e. The van der Waals surface area contributed by atoms with Crippen molar-refractivity contribution in [2.75, 3.05) is 39.4 Å². The molecule has 0 N–H and O–H groups in total. The monoisotopic (exact) mass is 730 g/mol. The molecule has 0 saturated carbocycles. The third kappa shape index (κ3) is 15.8. The standard InChI is InChI=1S/C28H74N2O6Si7/c1-19-29(20-2)28(30(21-3)22-4)37-25-26-38(8,9)33-40(12,13)35-42(16,17)36-41(14,15)34-39(10,11)27(7)43(18,31-23-5)32-24-6/h27-28H,19-26,37H2,1-18H3. The first-order valence-corrected chi connectivity index (χ1v) is 35.8. The van der Waals surface area contributed by atoms with Crippen LogP contribution in [-0.2, 0) is 25.3 Å². The zero-order chi connectivity index (χ0) is 33.9. The maximum Gasteiger partial charge on any atom is 0.337 e. The summed E-state index contributed by atoms with van der Waals surface area (Å²) in [7, 11) is -14.2. The molecule has 43 heavy (non-hydrogen) atoms. The Morgan fingerprint density at radius 2 is 0.930 bits per heavy atom. The van der Waals surface area contributed by atoms with Gasteiger partial charge in [0.05, 0.1) is 9.52 Å². The van der Waals surface area contributed by atoms with E-state index < -0.39 is 50.9 Å². The van der Waals surface area contributed by atoms with Gasteiger partial charge < -0.3 is 25.3 Å². The first-order chi connectivity index (χ1) is 19.5. The van der Waals surface area contributed by atoms with E-state index in [0.717, 1.165) is 26.2 Å². The molecule has 0 aliphatic heterocycles. The van der Waals surface area contributed by atoms with Crippen LogP contribution in [0.4, 0.5) is 0 Å². The summed E-state index contributed by atoms with van der Waals surface area (Å²) in [6.45, 7) is 46.0. The first kappa shape index (κ1) is 44.2. The summed E-state index contributed by atoms with van der Waals surface area (Å²) in [6, 6.07) is 2.51. The Kier molecular flexibility index (Phi) is 19.2. The zero-order valence-corrected chi connectivity index (χ0v) is 39.3. The van der Waals surface area contributed by atoms with E-state index in [2.05, 4.69) is 130 Å². The maximum atomic E-state index is 6.99. The molecule has 0 heterocycles. The van der Waals surface area contributed by atoms with Crippen molar-refractivity contribution in [3.63, 3.8) is 0 Å². The number of hydrogen-bond donors (Lipinski definition) is 0. The lowest BCUT2D eigenvalue weighted by molar-refractivity contribution is 0.115. The highest BCUT2D eigenvalue weighted by molar-refractivity contribution is 6.95. The van der Waals surface area contributed by atoms with Crippen LogP contribution in [0.2, 0.25) is 89.3 Å². The summed E-state index contributed by atoms with van der Waals surface area (Å²) < 4.78 is 40.2. The normalized spacial score (nSPS) is 15.6.